The third kappa shape index (κ3) is 3.25. The first-order valence-corrected chi connectivity index (χ1v) is 8.73. The van der Waals surface area contributed by atoms with Crippen LogP contribution < -0.4 is 4.90 Å². The van der Waals surface area contributed by atoms with Crippen LogP contribution in [-0.2, 0) is 4.79 Å². The molecule has 5 nitrogen and oxygen atoms in total. The molecule has 1 atom stereocenters. The van der Waals surface area contributed by atoms with Crippen molar-refractivity contribution >= 4 is 29.7 Å². The predicted octanol–water partition coefficient (Wildman–Crippen LogP) is 3.13. The molecule has 0 N–H and O–H groups in total. The number of hydrogen-bond donors (Lipinski definition) is 0. The second-order valence-electron chi connectivity index (χ2n) is 6.42. The molecule has 0 bridgehead atoms. The zero-order chi connectivity index (χ0) is 20.5. The summed E-state index contributed by atoms with van der Waals surface area (Å²) in [4.78, 5) is 30.0. The Kier molecular flexibility index (Phi) is 4.61. The highest BCUT2D eigenvalue weighted by molar-refractivity contribution is 6.24. The molecule has 142 valence electrons. The Labute approximate surface area is 165 Å². The van der Waals surface area contributed by atoms with E-state index in [-0.39, 0.29) is 11.4 Å². The van der Waals surface area contributed by atoms with Gasteiger partial charge in [0.15, 0.2) is 23.2 Å². The minimum absolute atomic E-state index is 0.0901. The van der Waals surface area contributed by atoms with E-state index in [1.165, 1.54) is 19.3 Å². The molecule has 0 saturated heterocycles. The number of allylic oxidation sites excluding steroid dienone is 1. The molecule has 0 aromatic heterocycles. The van der Waals surface area contributed by atoms with Gasteiger partial charge in [0.1, 0.15) is 6.21 Å². The maximum atomic E-state index is 14.8. The number of rotatable bonds is 1. The molecule has 4 rings (SSSR count). The normalized spacial score (nSPS) is 17.9. The molecule has 2 aromatic carbocycles. The third-order valence-corrected chi connectivity index (χ3v) is 4.55. The number of anilines is 1. The van der Waals surface area contributed by atoms with Crippen LogP contribution in [0.25, 0.3) is 0 Å². The van der Waals surface area contributed by atoms with Crippen LogP contribution in [0.5, 0.6) is 0 Å². The van der Waals surface area contributed by atoms with Gasteiger partial charge >= 0.3 is 11.9 Å². The summed E-state index contributed by atoms with van der Waals surface area (Å²) in [6.45, 7) is 0. The second-order valence-corrected chi connectivity index (χ2v) is 6.42. The second kappa shape index (κ2) is 7.24. The number of urea groups is 1. The van der Waals surface area contributed by atoms with Crippen molar-refractivity contribution in [3.63, 3.8) is 0 Å². The Morgan fingerprint density at radius 2 is 1.69 bits per heavy atom. The van der Waals surface area contributed by atoms with E-state index in [9.17, 15) is 18.4 Å². The van der Waals surface area contributed by atoms with Crippen LogP contribution in [0, 0.1) is 29.4 Å². The van der Waals surface area contributed by atoms with E-state index in [4.69, 9.17) is 0 Å². The zero-order valence-corrected chi connectivity index (χ0v) is 15.3. The number of amidine groups is 1. The molecule has 0 aliphatic carbocycles. The summed E-state index contributed by atoms with van der Waals surface area (Å²) in [6.07, 6.45) is 4.51. The number of dihydropyridines is 1. The minimum Gasteiger partial charge on any atom is -0.254 e. The van der Waals surface area contributed by atoms with Gasteiger partial charge in [0.25, 0.3) is 5.84 Å². The standard InChI is InChI=1S/C22H14F2N3O2/c1-26-20-16(8-5-11-25-20)21(28)27(22(26)29)19-17(23)12-15(13-18(19)24)10-9-14-6-3-2-4-7-14/h2-8,11-13,16H,1H3/q+1. The first kappa shape index (κ1) is 18.4. The number of carbonyl (C=O) groups is 2. The van der Waals surface area contributed by atoms with Crippen LogP contribution in [0.15, 0.2) is 59.6 Å². The molecule has 0 fully saturated rings. The molecule has 0 saturated carbocycles. The average molecular weight is 390 g/mol. The number of benzene rings is 2. The highest BCUT2D eigenvalue weighted by atomic mass is 19.1. The van der Waals surface area contributed by atoms with Crippen LogP contribution in [-0.4, -0.2) is 35.6 Å². The summed E-state index contributed by atoms with van der Waals surface area (Å²) in [5, 5.41) is 0. The quantitative estimate of drug-likeness (QED) is 0.555. The third-order valence-electron chi connectivity index (χ3n) is 4.55. The monoisotopic (exact) mass is 390 g/mol. The van der Waals surface area contributed by atoms with E-state index in [0.29, 0.717) is 10.5 Å². The summed E-state index contributed by atoms with van der Waals surface area (Å²) in [7, 11) is 1.40. The number of halogens is 2. The predicted molar refractivity (Wildman–Crippen MR) is 104 cm³/mol. The van der Waals surface area contributed by atoms with Gasteiger partial charge in [-0.15, -0.1) is 4.99 Å². The lowest BCUT2D eigenvalue weighted by atomic mass is 10.0. The molecule has 2 aromatic rings. The summed E-state index contributed by atoms with van der Waals surface area (Å²) >= 11 is 0. The van der Waals surface area contributed by atoms with Crippen molar-refractivity contribution in [2.24, 2.45) is 10.9 Å². The maximum Gasteiger partial charge on any atom is 0.450 e. The number of hydrogen-bond acceptors (Lipinski definition) is 3. The summed E-state index contributed by atoms with van der Waals surface area (Å²) < 4.78 is 30.7. The highest BCUT2D eigenvalue weighted by Crippen LogP contribution is 2.30. The van der Waals surface area contributed by atoms with E-state index in [0.717, 1.165) is 16.7 Å². The van der Waals surface area contributed by atoms with Crippen molar-refractivity contribution in [2.45, 2.75) is 0 Å². The fraction of sp³-hybridized carbons (Fsp3) is 0.0909. The van der Waals surface area contributed by atoms with Gasteiger partial charge in [-0.25, -0.2) is 13.6 Å². The van der Waals surface area contributed by atoms with Crippen LogP contribution in [0.3, 0.4) is 0 Å². The number of aliphatic imine (C=N–C) groups is 1. The van der Waals surface area contributed by atoms with Crippen molar-refractivity contribution in [1.82, 2.24) is 0 Å². The van der Waals surface area contributed by atoms with Crippen molar-refractivity contribution in [1.29, 1.82) is 0 Å². The maximum absolute atomic E-state index is 14.8. The van der Waals surface area contributed by atoms with Gasteiger partial charge in [0, 0.05) is 11.1 Å². The minimum atomic E-state index is -1.05. The van der Waals surface area contributed by atoms with Gasteiger partial charge in [0.05, 0.1) is 7.05 Å². The fourth-order valence-electron chi connectivity index (χ4n) is 3.14. The van der Waals surface area contributed by atoms with Crippen molar-refractivity contribution in [2.75, 3.05) is 11.9 Å². The molecule has 2 heterocycles. The van der Waals surface area contributed by atoms with Crippen LogP contribution >= 0.6 is 0 Å². The van der Waals surface area contributed by atoms with Gasteiger partial charge in [-0.3, -0.25) is 4.79 Å². The van der Waals surface area contributed by atoms with Crippen LogP contribution in [0.4, 0.5) is 19.3 Å². The summed E-state index contributed by atoms with van der Waals surface area (Å²) in [5.74, 6) is 1.95. The lowest BCUT2D eigenvalue weighted by Gasteiger charge is -2.25. The molecule has 3 amide bonds. The molecule has 7 heteroatoms. The van der Waals surface area contributed by atoms with E-state index >= 15 is 0 Å². The van der Waals surface area contributed by atoms with Crippen molar-refractivity contribution in [3.05, 3.63) is 77.4 Å². The van der Waals surface area contributed by atoms with Gasteiger partial charge in [-0.1, -0.05) is 36.1 Å². The first-order chi connectivity index (χ1) is 14.0. The molecule has 29 heavy (non-hydrogen) atoms. The van der Waals surface area contributed by atoms with Gasteiger partial charge in [-0.05, 0) is 30.3 Å². The van der Waals surface area contributed by atoms with Crippen molar-refractivity contribution < 1.29 is 22.9 Å². The molecular weight excluding hydrogens is 376 g/mol. The van der Waals surface area contributed by atoms with Crippen LogP contribution in [0.1, 0.15) is 11.1 Å². The van der Waals surface area contributed by atoms with E-state index in [2.05, 4.69) is 16.8 Å². The van der Waals surface area contributed by atoms with Gasteiger partial charge < -0.3 is 0 Å². The topological polar surface area (TPSA) is 52.8 Å². The number of imide groups is 1. The highest BCUT2D eigenvalue weighted by Gasteiger charge is 2.48. The van der Waals surface area contributed by atoms with Crippen LogP contribution in [0.2, 0.25) is 0 Å². The average Bonchev–Trinajstić information content (AvgIpc) is 2.73. The summed E-state index contributed by atoms with van der Waals surface area (Å²) in [6, 6.07) is 10.1. The molecule has 1 unspecified atom stereocenters. The largest absolute Gasteiger partial charge is 0.450 e. The lowest BCUT2D eigenvalue weighted by molar-refractivity contribution is -0.395. The SMILES string of the molecule is C[N+]1=C2N=CC=CC2C(=O)N(c2c(F)cc(C#Cc3ccccc3)cc2F)C1=O. The Morgan fingerprint density at radius 3 is 2.38 bits per heavy atom. The molecule has 0 spiro atoms. The van der Waals surface area contributed by atoms with E-state index in [1.54, 1.807) is 30.3 Å². The molecular formula is C22H14F2N3O2+. The Morgan fingerprint density at radius 1 is 1.03 bits per heavy atom. The number of nitrogens with zero attached hydrogens (tertiary/aromatic N) is 3. The van der Waals surface area contributed by atoms with E-state index < -0.39 is 35.2 Å². The van der Waals surface area contributed by atoms with Gasteiger partial charge in [0.2, 0.25) is 0 Å². The van der Waals surface area contributed by atoms with E-state index in [1.807, 2.05) is 6.07 Å². The molecule has 2 aliphatic heterocycles. The number of amides is 3. The Bertz CT molecular complexity index is 1160. The number of fused-ring (bicyclic) bond motifs is 1. The van der Waals surface area contributed by atoms with Crippen molar-refractivity contribution in [3.8, 4) is 11.8 Å². The zero-order valence-electron chi connectivity index (χ0n) is 15.3. The lowest BCUT2D eigenvalue weighted by Crippen LogP contribution is -2.54. The fourth-order valence-corrected chi connectivity index (χ4v) is 3.14. The molecule has 2 aliphatic rings. The number of carbonyl (C=O) groups excluding carboxylic acids is 2. The molecule has 0 radical (unpaired) electrons. The smallest absolute Gasteiger partial charge is 0.254 e. The first-order valence-electron chi connectivity index (χ1n) is 8.73. The summed E-state index contributed by atoms with van der Waals surface area (Å²) in [5.41, 5.74) is 0.0551. The Hall–Kier alpha value is -3.92. The Balaban J connectivity index is 1.75. The van der Waals surface area contributed by atoms with Gasteiger partial charge in [-0.2, -0.15) is 9.48 Å².